The third-order valence-corrected chi connectivity index (χ3v) is 4.02. The molecule has 0 unspecified atom stereocenters. The van der Waals surface area contributed by atoms with Crippen LogP contribution in [0.4, 0.5) is 4.79 Å². The van der Waals surface area contributed by atoms with E-state index in [4.69, 9.17) is 69.6 Å². The maximum atomic E-state index is 12.3. The highest BCUT2D eigenvalue weighted by molar-refractivity contribution is 6.68. The van der Waals surface area contributed by atoms with Crippen molar-refractivity contribution in [1.82, 2.24) is 10.6 Å². The summed E-state index contributed by atoms with van der Waals surface area (Å²) >= 11 is 35.7. The molecular weight excluding hydrogens is 441 g/mol. The number of amides is 2. The zero-order valence-corrected chi connectivity index (χ0v) is 19.0. The topological polar surface area (TPSA) is 74.3 Å². The standard InChI is InChI=1S/C13H24Cl6N4O/c1-10(2,3)22-7(12(14,15)16)20-9(24)21-8(13(17,18)19)23-11(4,5)6/h7-8,22-23H,1-6H3,(H2,20,21,24)/p+2/t7-,8+. The molecule has 11 heteroatoms. The molecule has 0 saturated carbocycles. The molecule has 2 amide bonds. The maximum absolute atomic E-state index is 12.3. The van der Waals surface area contributed by atoms with Gasteiger partial charge in [0, 0.05) is 0 Å². The van der Waals surface area contributed by atoms with Crippen molar-refractivity contribution in [2.75, 3.05) is 0 Å². The molecule has 2 atom stereocenters. The van der Waals surface area contributed by atoms with E-state index in [0.717, 1.165) is 0 Å². The number of carbonyl (C=O) groups is 1. The Balaban J connectivity index is 5.09. The van der Waals surface area contributed by atoms with Crippen molar-refractivity contribution < 1.29 is 15.4 Å². The highest BCUT2D eigenvalue weighted by Gasteiger charge is 2.43. The van der Waals surface area contributed by atoms with E-state index in [1.54, 1.807) is 10.6 Å². The molecule has 0 rings (SSSR count). The van der Waals surface area contributed by atoms with Gasteiger partial charge in [-0.1, -0.05) is 69.6 Å². The van der Waals surface area contributed by atoms with Crippen molar-refractivity contribution in [1.29, 1.82) is 0 Å². The number of nitrogens with one attached hydrogen (secondary N) is 2. The van der Waals surface area contributed by atoms with Crippen LogP contribution < -0.4 is 21.3 Å². The average Bonchev–Trinajstić information content (AvgIpc) is 2.20. The van der Waals surface area contributed by atoms with Crippen LogP contribution >= 0.6 is 69.6 Å². The van der Waals surface area contributed by atoms with Crippen LogP contribution in [0.25, 0.3) is 0 Å². The van der Waals surface area contributed by atoms with Crippen molar-refractivity contribution in [3.05, 3.63) is 0 Å². The number of urea groups is 1. The van der Waals surface area contributed by atoms with Crippen molar-refractivity contribution in [2.24, 2.45) is 0 Å². The van der Waals surface area contributed by atoms with Gasteiger partial charge in [-0.05, 0) is 41.5 Å². The Morgan fingerprint density at radius 2 is 0.958 bits per heavy atom. The molecule has 5 nitrogen and oxygen atoms in total. The van der Waals surface area contributed by atoms with E-state index in [-0.39, 0.29) is 11.1 Å². The molecule has 24 heavy (non-hydrogen) atoms. The fourth-order valence-corrected chi connectivity index (χ4v) is 2.47. The number of halogens is 6. The molecule has 0 bridgehead atoms. The van der Waals surface area contributed by atoms with E-state index in [1.165, 1.54) is 0 Å². The predicted molar refractivity (Wildman–Crippen MR) is 103 cm³/mol. The number of rotatable bonds is 4. The van der Waals surface area contributed by atoms with Crippen molar-refractivity contribution in [3.63, 3.8) is 0 Å². The summed E-state index contributed by atoms with van der Waals surface area (Å²) in [5.41, 5.74) is -0.567. The van der Waals surface area contributed by atoms with Gasteiger partial charge in [0.2, 0.25) is 12.3 Å². The highest BCUT2D eigenvalue weighted by Crippen LogP contribution is 2.29. The van der Waals surface area contributed by atoms with Crippen molar-refractivity contribution in [2.45, 2.75) is 72.5 Å². The van der Waals surface area contributed by atoms with Gasteiger partial charge >= 0.3 is 6.03 Å². The monoisotopic (exact) mass is 464 g/mol. The van der Waals surface area contributed by atoms with Crippen LogP contribution in [-0.4, -0.2) is 37.0 Å². The van der Waals surface area contributed by atoms with Crippen LogP contribution in [0.1, 0.15) is 41.5 Å². The third-order valence-electron chi connectivity index (χ3n) is 2.61. The number of carbonyl (C=O) groups excluding carboxylic acids is 1. The summed E-state index contributed by atoms with van der Waals surface area (Å²) in [5.74, 6) is 0. The molecule has 0 aliphatic rings. The van der Waals surface area contributed by atoms with E-state index in [1.807, 2.05) is 41.5 Å². The molecule has 0 aromatic rings. The zero-order chi connectivity index (χ0) is 19.6. The lowest BCUT2D eigenvalue weighted by molar-refractivity contribution is -0.751. The second kappa shape index (κ2) is 8.75. The van der Waals surface area contributed by atoms with E-state index in [2.05, 4.69) is 10.6 Å². The van der Waals surface area contributed by atoms with Gasteiger partial charge in [0.25, 0.3) is 7.59 Å². The fraction of sp³-hybridized carbons (Fsp3) is 0.923. The summed E-state index contributed by atoms with van der Waals surface area (Å²) in [6.45, 7) is 11.5. The summed E-state index contributed by atoms with van der Waals surface area (Å²) in [5, 5.41) is 8.68. The Bertz CT molecular complexity index is 384. The normalized spacial score (nSPS) is 16.5. The summed E-state index contributed by atoms with van der Waals surface area (Å²) in [7, 11) is 0. The average molecular weight is 467 g/mol. The molecule has 6 N–H and O–H groups in total. The van der Waals surface area contributed by atoms with Gasteiger partial charge in [-0.2, -0.15) is 0 Å². The largest absolute Gasteiger partial charge is 0.324 e. The minimum atomic E-state index is -1.71. The van der Waals surface area contributed by atoms with E-state index in [9.17, 15) is 4.79 Å². The molecule has 144 valence electrons. The van der Waals surface area contributed by atoms with Crippen LogP contribution in [0, 0.1) is 0 Å². The second-order valence-corrected chi connectivity index (χ2v) is 12.5. The molecule has 0 aliphatic heterocycles. The first-order valence-electron chi connectivity index (χ1n) is 7.24. The van der Waals surface area contributed by atoms with E-state index < -0.39 is 25.9 Å². The van der Waals surface area contributed by atoms with Gasteiger partial charge in [0.05, 0.1) is 11.1 Å². The van der Waals surface area contributed by atoms with Crippen LogP contribution in [-0.2, 0) is 0 Å². The number of quaternary nitrogens is 2. The first-order valence-corrected chi connectivity index (χ1v) is 9.50. The van der Waals surface area contributed by atoms with E-state index in [0.29, 0.717) is 0 Å². The fourth-order valence-electron chi connectivity index (χ4n) is 1.76. The first kappa shape index (κ1) is 24.9. The Morgan fingerprint density at radius 1 is 0.708 bits per heavy atom. The minimum absolute atomic E-state index is 0.284. The Kier molecular flexibility index (Phi) is 9.08. The summed E-state index contributed by atoms with van der Waals surface area (Å²) < 4.78 is -3.43. The molecule has 0 spiro atoms. The SMILES string of the molecule is CC(C)(C)[NH2+][C@@H](NC(=O)N[C@@H]([NH2+]C(C)(C)C)C(Cl)(Cl)Cl)C(Cl)(Cl)Cl. The first-order chi connectivity index (χ1) is 10.3. The van der Waals surface area contributed by atoms with Gasteiger partial charge in [-0.3, -0.25) is 10.6 Å². The molecule has 0 heterocycles. The van der Waals surface area contributed by atoms with Crippen LogP contribution in [0.3, 0.4) is 0 Å². The van der Waals surface area contributed by atoms with E-state index >= 15 is 0 Å². The molecule has 0 aromatic heterocycles. The van der Waals surface area contributed by atoms with Crippen molar-refractivity contribution in [3.8, 4) is 0 Å². The number of hydrogen-bond donors (Lipinski definition) is 4. The Hall–Kier alpha value is 0.930. The predicted octanol–water partition coefficient (Wildman–Crippen LogP) is 2.40. The smallest absolute Gasteiger partial charge is 0.319 e. The molecule has 0 saturated heterocycles. The molecule has 0 aliphatic carbocycles. The Morgan fingerprint density at radius 3 is 1.12 bits per heavy atom. The molecule has 0 fully saturated rings. The van der Waals surface area contributed by atoms with Gasteiger partial charge < -0.3 is 10.6 Å². The van der Waals surface area contributed by atoms with Crippen LogP contribution in [0.2, 0.25) is 0 Å². The zero-order valence-electron chi connectivity index (χ0n) is 14.5. The Labute approximate surface area is 173 Å². The van der Waals surface area contributed by atoms with Crippen LogP contribution in [0.15, 0.2) is 0 Å². The lowest BCUT2D eigenvalue weighted by Gasteiger charge is -2.32. The maximum Gasteiger partial charge on any atom is 0.324 e. The van der Waals surface area contributed by atoms with Crippen LogP contribution in [0.5, 0.6) is 0 Å². The third kappa shape index (κ3) is 11.5. The van der Waals surface area contributed by atoms with Gasteiger partial charge in [-0.25, -0.2) is 4.79 Å². The number of nitrogens with two attached hydrogens (primary N) is 2. The highest BCUT2D eigenvalue weighted by atomic mass is 35.6. The number of hydrogen-bond acceptors (Lipinski definition) is 1. The molecule has 0 aromatic carbocycles. The quantitative estimate of drug-likeness (QED) is 0.373. The summed E-state index contributed by atoms with van der Waals surface area (Å²) in [6.07, 6.45) is -1.65. The minimum Gasteiger partial charge on any atom is -0.319 e. The van der Waals surface area contributed by atoms with Crippen molar-refractivity contribution >= 4 is 75.6 Å². The van der Waals surface area contributed by atoms with Gasteiger partial charge in [0.1, 0.15) is 0 Å². The van der Waals surface area contributed by atoms with Gasteiger partial charge in [0.15, 0.2) is 0 Å². The summed E-state index contributed by atoms with van der Waals surface area (Å²) in [6, 6.07) is -0.608. The second-order valence-electron chi connectivity index (χ2n) is 7.72. The lowest BCUT2D eigenvalue weighted by Crippen LogP contribution is -3.05. The van der Waals surface area contributed by atoms with Gasteiger partial charge in [-0.15, -0.1) is 0 Å². The summed E-state index contributed by atoms with van der Waals surface area (Å²) in [4.78, 5) is 12.3. The molecular formula is C13H26Cl6N4O+2. The number of alkyl halides is 6. The lowest BCUT2D eigenvalue weighted by atomic mass is 10.1. The molecule has 0 radical (unpaired) electrons.